The van der Waals surface area contributed by atoms with Crippen molar-refractivity contribution in [1.82, 2.24) is 20.3 Å². The number of hydrogen-bond acceptors (Lipinski definition) is 8. The van der Waals surface area contributed by atoms with Crippen LogP contribution < -0.4 is 0 Å². The van der Waals surface area contributed by atoms with E-state index >= 15 is 0 Å². The Morgan fingerprint density at radius 1 is 1.09 bits per heavy atom. The van der Waals surface area contributed by atoms with E-state index in [-0.39, 0.29) is 5.82 Å². The van der Waals surface area contributed by atoms with Crippen LogP contribution in [0.3, 0.4) is 0 Å². The zero-order valence-electron chi connectivity index (χ0n) is 11.5. The maximum atomic E-state index is 12.9. The first-order chi connectivity index (χ1) is 10.7. The molecule has 0 saturated carbocycles. The summed E-state index contributed by atoms with van der Waals surface area (Å²) in [5, 5.41) is 12.2. The Kier molecular flexibility index (Phi) is 4.74. The van der Waals surface area contributed by atoms with Crippen molar-refractivity contribution in [3.8, 4) is 11.4 Å². The average Bonchev–Trinajstić information content (AvgIpc) is 3.16. The van der Waals surface area contributed by atoms with Crippen LogP contribution in [0.1, 0.15) is 11.8 Å². The molecule has 0 unspecified atom stereocenters. The molecule has 0 saturated heterocycles. The summed E-state index contributed by atoms with van der Waals surface area (Å²) in [5.74, 6) is 2.25. The van der Waals surface area contributed by atoms with Gasteiger partial charge >= 0.3 is 0 Å². The van der Waals surface area contributed by atoms with Crippen molar-refractivity contribution in [2.24, 2.45) is 0 Å². The van der Waals surface area contributed by atoms with Gasteiger partial charge in [0.15, 0.2) is 0 Å². The molecule has 6 nitrogen and oxygen atoms in total. The molecule has 3 aromatic rings. The molecule has 22 heavy (non-hydrogen) atoms. The zero-order valence-corrected chi connectivity index (χ0v) is 13.2. The lowest BCUT2D eigenvalue weighted by Crippen LogP contribution is -1.83. The summed E-state index contributed by atoms with van der Waals surface area (Å²) in [5.41, 5.74) is 0.696. The molecule has 9 heteroatoms. The smallest absolute Gasteiger partial charge is 0.277 e. The van der Waals surface area contributed by atoms with Gasteiger partial charge in [-0.3, -0.25) is 0 Å². The lowest BCUT2D eigenvalue weighted by molar-refractivity contribution is 0.390. The van der Waals surface area contributed by atoms with Gasteiger partial charge in [-0.25, -0.2) is 4.39 Å². The second-order valence-corrected chi connectivity index (χ2v) is 5.99. The number of halogens is 1. The Morgan fingerprint density at radius 3 is 2.68 bits per heavy atom. The molecule has 1 aromatic carbocycles. The van der Waals surface area contributed by atoms with Gasteiger partial charge in [-0.15, -0.1) is 10.2 Å². The Morgan fingerprint density at radius 2 is 1.91 bits per heavy atom. The van der Waals surface area contributed by atoms with Crippen LogP contribution in [0, 0.1) is 5.82 Å². The number of nitrogens with zero attached hydrogens (tertiary/aromatic N) is 4. The minimum absolute atomic E-state index is 0.305. The van der Waals surface area contributed by atoms with E-state index in [1.54, 1.807) is 23.9 Å². The number of aromatic nitrogens is 4. The minimum atomic E-state index is -0.305. The second kappa shape index (κ2) is 6.93. The van der Waals surface area contributed by atoms with E-state index in [4.69, 9.17) is 8.94 Å². The van der Waals surface area contributed by atoms with Gasteiger partial charge in [0.2, 0.25) is 17.6 Å². The topological polar surface area (TPSA) is 77.8 Å². The van der Waals surface area contributed by atoms with Crippen molar-refractivity contribution in [3.05, 3.63) is 41.9 Å². The molecule has 3 rings (SSSR count). The minimum Gasteiger partial charge on any atom is -0.415 e. The summed E-state index contributed by atoms with van der Waals surface area (Å²) in [6.45, 7) is 0. The van der Waals surface area contributed by atoms with Gasteiger partial charge < -0.3 is 8.94 Å². The third-order valence-electron chi connectivity index (χ3n) is 2.61. The fourth-order valence-electron chi connectivity index (χ4n) is 1.63. The number of benzene rings is 1. The maximum Gasteiger partial charge on any atom is 0.277 e. The first kappa shape index (κ1) is 15.0. The van der Waals surface area contributed by atoms with Gasteiger partial charge in [0.05, 0.1) is 11.5 Å². The number of rotatable bonds is 6. The van der Waals surface area contributed by atoms with E-state index in [0.29, 0.717) is 39.9 Å². The lowest BCUT2D eigenvalue weighted by Gasteiger charge is -1.92. The van der Waals surface area contributed by atoms with Gasteiger partial charge in [-0.05, 0) is 30.5 Å². The highest BCUT2D eigenvalue weighted by molar-refractivity contribution is 7.98. The Bertz CT molecular complexity index is 745. The Hall–Kier alpha value is -1.87. The Balaban J connectivity index is 1.62. The molecule has 0 N–H and O–H groups in total. The van der Waals surface area contributed by atoms with E-state index in [9.17, 15) is 4.39 Å². The summed E-state index contributed by atoms with van der Waals surface area (Å²) in [6.07, 6.45) is 1.96. The molecule has 0 fully saturated rings. The van der Waals surface area contributed by atoms with E-state index in [1.807, 2.05) is 6.26 Å². The van der Waals surface area contributed by atoms with Crippen LogP contribution >= 0.6 is 23.5 Å². The monoisotopic (exact) mass is 338 g/mol. The third kappa shape index (κ3) is 3.66. The molecule has 2 aromatic heterocycles. The number of hydrogen-bond donors (Lipinski definition) is 0. The standard InChI is InChI=1S/C13H11FN4O2S2/c1-21-6-11-16-17-13(19-11)22-7-10-15-12(18-20-10)8-2-4-9(14)5-3-8/h2-5H,6-7H2,1H3. The molecular formula is C13H11FN4O2S2. The van der Waals surface area contributed by atoms with Crippen LogP contribution in [0.4, 0.5) is 4.39 Å². The molecule has 114 valence electrons. The van der Waals surface area contributed by atoms with E-state index in [1.165, 1.54) is 23.9 Å². The highest BCUT2D eigenvalue weighted by atomic mass is 32.2. The summed E-state index contributed by atoms with van der Waals surface area (Å²) >= 11 is 2.94. The van der Waals surface area contributed by atoms with Crippen molar-refractivity contribution in [1.29, 1.82) is 0 Å². The van der Waals surface area contributed by atoms with Crippen LogP contribution in [0.2, 0.25) is 0 Å². The average molecular weight is 338 g/mol. The summed E-state index contributed by atoms with van der Waals surface area (Å²) in [7, 11) is 0. The van der Waals surface area contributed by atoms with Gasteiger partial charge in [-0.2, -0.15) is 16.7 Å². The normalized spacial score (nSPS) is 11.0. The van der Waals surface area contributed by atoms with Gasteiger partial charge in [0, 0.05) is 5.56 Å². The molecule has 0 aliphatic carbocycles. The molecular weight excluding hydrogens is 327 g/mol. The van der Waals surface area contributed by atoms with E-state index < -0.39 is 0 Å². The van der Waals surface area contributed by atoms with E-state index in [0.717, 1.165) is 0 Å². The predicted octanol–water partition coefficient (Wildman–Crippen LogP) is 3.41. The molecule has 0 aliphatic rings. The summed E-state index contributed by atoms with van der Waals surface area (Å²) in [6, 6.07) is 5.91. The van der Waals surface area contributed by atoms with Gasteiger partial charge in [-0.1, -0.05) is 16.9 Å². The molecule has 2 heterocycles. The highest BCUT2D eigenvalue weighted by Crippen LogP contribution is 2.23. The second-order valence-electron chi connectivity index (χ2n) is 4.20. The van der Waals surface area contributed by atoms with Gasteiger partial charge in [0.25, 0.3) is 5.22 Å². The van der Waals surface area contributed by atoms with Crippen molar-refractivity contribution >= 4 is 23.5 Å². The molecule has 0 bridgehead atoms. The van der Waals surface area contributed by atoms with Crippen LogP contribution in [0.15, 0.2) is 38.4 Å². The highest BCUT2D eigenvalue weighted by Gasteiger charge is 2.12. The fourth-order valence-corrected chi connectivity index (χ4v) is 2.61. The lowest BCUT2D eigenvalue weighted by atomic mass is 10.2. The van der Waals surface area contributed by atoms with Crippen LogP contribution in [0.5, 0.6) is 0 Å². The first-order valence-electron chi connectivity index (χ1n) is 6.27. The van der Waals surface area contributed by atoms with Crippen LogP contribution in [0.25, 0.3) is 11.4 Å². The van der Waals surface area contributed by atoms with Crippen molar-refractivity contribution in [3.63, 3.8) is 0 Å². The molecule has 0 atom stereocenters. The van der Waals surface area contributed by atoms with Crippen molar-refractivity contribution in [2.75, 3.05) is 6.26 Å². The Labute approximate surface area is 133 Å². The quantitative estimate of drug-likeness (QED) is 0.633. The van der Waals surface area contributed by atoms with Crippen LogP contribution in [-0.2, 0) is 11.5 Å². The van der Waals surface area contributed by atoms with Crippen molar-refractivity contribution < 1.29 is 13.3 Å². The first-order valence-corrected chi connectivity index (χ1v) is 8.65. The van der Waals surface area contributed by atoms with Gasteiger partial charge in [0.1, 0.15) is 5.82 Å². The molecule has 0 aliphatic heterocycles. The molecule has 0 radical (unpaired) electrons. The fraction of sp³-hybridized carbons (Fsp3) is 0.231. The summed E-state index contributed by atoms with van der Waals surface area (Å²) < 4.78 is 23.5. The van der Waals surface area contributed by atoms with E-state index in [2.05, 4.69) is 20.3 Å². The van der Waals surface area contributed by atoms with Crippen molar-refractivity contribution in [2.45, 2.75) is 16.7 Å². The molecule has 0 amide bonds. The summed E-state index contributed by atoms with van der Waals surface area (Å²) in [4.78, 5) is 4.25. The van der Waals surface area contributed by atoms with Crippen LogP contribution in [-0.4, -0.2) is 26.6 Å². The predicted molar refractivity (Wildman–Crippen MR) is 80.8 cm³/mol. The SMILES string of the molecule is CSCc1nnc(SCc2nc(-c3ccc(F)cc3)no2)o1. The maximum absolute atomic E-state index is 12.9. The molecule has 0 spiro atoms. The largest absolute Gasteiger partial charge is 0.415 e. The third-order valence-corrected chi connectivity index (χ3v) is 3.94. The zero-order chi connectivity index (χ0) is 15.4. The number of thioether (sulfide) groups is 2.